The van der Waals surface area contributed by atoms with Crippen LogP contribution >= 0.6 is 11.6 Å². The van der Waals surface area contributed by atoms with E-state index in [4.69, 9.17) is 17.3 Å². The number of nitrogens with two attached hydrogens (primary N) is 1. The van der Waals surface area contributed by atoms with Crippen molar-refractivity contribution in [2.24, 2.45) is 0 Å². The van der Waals surface area contributed by atoms with Crippen molar-refractivity contribution < 1.29 is 27.2 Å². The van der Waals surface area contributed by atoms with E-state index in [0.29, 0.717) is 5.52 Å². The third-order valence-corrected chi connectivity index (χ3v) is 6.87. The maximum atomic E-state index is 15.1. The molecular weight excluding hydrogens is 542 g/mol. The molecule has 0 aliphatic carbocycles. The zero-order chi connectivity index (χ0) is 28.3. The molecule has 0 saturated carbocycles. The van der Waals surface area contributed by atoms with Gasteiger partial charge in [-0.25, -0.2) is 19.3 Å². The Bertz CT molecular complexity index is 1640. The zero-order valence-electron chi connectivity index (χ0n) is 20.7. The minimum atomic E-state index is -4.62. The number of carbonyl (C=O) groups is 2. The molecule has 5 rings (SSSR count). The summed E-state index contributed by atoms with van der Waals surface area (Å²) in [5.41, 5.74) is 3.93. The molecule has 9 nitrogen and oxygen atoms in total. The average Bonchev–Trinajstić information content (AvgIpc) is 3.34. The number of hydrogen-bond acceptors (Lipinski definition) is 6. The fourth-order valence-corrected chi connectivity index (χ4v) is 5.22. The molecule has 0 radical (unpaired) electrons. The number of fused-ring (bicyclic) bond motifs is 3. The lowest BCUT2D eigenvalue weighted by Gasteiger charge is -2.24. The number of rotatable bonds is 4. The molecule has 0 unspecified atom stereocenters. The Morgan fingerprint density at radius 1 is 1.26 bits per heavy atom. The fourth-order valence-electron chi connectivity index (χ4n) is 5.06. The molecule has 1 saturated heterocycles. The molecule has 14 heteroatoms. The molecule has 3 aromatic heterocycles. The van der Waals surface area contributed by atoms with Crippen LogP contribution in [0, 0.1) is 6.92 Å². The van der Waals surface area contributed by atoms with Crippen LogP contribution in [0.4, 0.5) is 29.2 Å². The predicted octanol–water partition coefficient (Wildman–Crippen LogP) is 4.51. The van der Waals surface area contributed by atoms with Crippen LogP contribution in [-0.2, 0) is 22.3 Å². The number of pyridine rings is 1. The van der Waals surface area contributed by atoms with E-state index < -0.39 is 41.8 Å². The number of carbonyl (C=O) groups excluding carboxylic acids is 2. The molecule has 0 spiro atoms. The lowest BCUT2D eigenvalue weighted by molar-refractivity contribution is -0.137. The summed E-state index contributed by atoms with van der Waals surface area (Å²) in [6.45, 7) is 1.97. The number of nitrogens with one attached hydrogen (secondary N) is 1. The smallest absolute Gasteiger partial charge is 0.383 e. The van der Waals surface area contributed by atoms with Gasteiger partial charge in [0.2, 0.25) is 11.8 Å². The predicted molar refractivity (Wildman–Crippen MR) is 137 cm³/mol. The highest BCUT2D eigenvalue weighted by molar-refractivity contribution is 6.29. The second kappa shape index (κ2) is 9.33. The number of halogens is 5. The minimum Gasteiger partial charge on any atom is -0.383 e. The van der Waals surface area contributed by atoms with Crippen LogP contribution in [0.3, 0.4) is 0 Å². The Kier molecular flexibility index (Phi) is 6.36. The molecule has 2 amide bonds. The van der Waals surface area contributed by atoms with Gasteiger partial charge in [0.1, 0.15) is 47.0 Å². The van der Waals surface area contributed by atoms with Gasteiger partial charge in [0.05, 0.1) is 23.0 Å². The van der Waals surface area contributed by atoms with Crippen LogP contribution in [0.1, 0.15) is 24.5 Å². The summed E-state index contributed by atoms with van der Waals surface area (Å²) in [5, 5.41) is 2.98. The van der Waals surface area contributed by atoms with Crippen molar-refractivity contribution >= 4 is 57.0 Å². The van der Waals surface area contributed by atoms with Crippen molar-refractivity contribution in [2.45, 2.75) is 44.7 Å². The molecule has 4 heterocycles. The van der Waals surface area contributed by atoms with Crippen molar-refractivity contribution in [2.75, 3.05) is 17.6 Å². The third kappa shape index (κ3) is 4.93. The summed E-state index contributed by atoms with van der Waals surface area (Å²) in [4.78, 5) is 39.9. The van der Waals surface area contributed by atoms with Gasteiger partial charge in [-0.1, -0.05) is 17.7 Å². The van der Waals surface area contributed by atoms with E-state index in [9.17, 15) is 22.8 Å². The van der Waals surface area contributed by atoms with Gasteiger partial charge in [-0.15, -0.1) is 0 Å². The summed E-state index contributed by atoms with van der Waals surface area (Å²) in [7, 11) is 0. The van der Waals surface area contributed by atoms with E-state index in [1.165, 1.54) is 30.5 Å². The second-order valence-corrected chi connectivity index (χ2v) is 10.1. The van der Waals surface area contributed by atoms with Gasteiger partial charge in [0, 0.05) is 11.8 Å². The third-order valence-electron chi connectivity index (χ3n) is 6.66. The number of aryl methyl sites for hydroxylation is 1. The topological polar surface area (TPSA) is 119 Å². The van der Waals surface area contributed by atoms with Crippen LogP contribution in [0.2, 0.25) is 5.15 Å². The minimum absolute atomic E-state index is 0.0568. The molecule has 204 valence electrons. The van der Waals surface area contributed by atoms with Crippen molar-refractivity contribution in [1.82, 2.24) is 24.4 Å². The van der Waals surface area contributed by atoms with Crippen molar-refractivity contribution in [1.29, 1.82) is 0 Å². The molecule has 0 bridgehead atoms. The van der Waals surface area contributed by atoms with Crippen LogP contribution in [-0.4, -0.2) is 54.5 Å². The number of hydrogen-bond donors (Lipinski definition) is 2. The molecule has 3 N–H and O–H groups in total. The van der Waals surface area contributed by atoms with Gasteiger partial charge >= 0.3 is 6.18 Å². The van der Waals surface area contributed by atoms with Gasteiger partial charge in [0.15, 0.2) is 0 Å². The standard InChI is InChI=1S/C25H22ClF4N7O2/c1-12-6-13(25(28,29)30)7-14-19-21(31)32-11-33-22(19)36(20(12)14)9-18(38)37-10-24(2,27)8-15(37)23(39)35-17-5-3-4-16(26)34-17/h3-7,11,15H,8-10H2,1-2H3,(H2,31,32,33)(H,34,35,39)/t15-,24+/m0/s1. The average molecular weight is 564 g/mol. The van der Waals surface area contributed by atoms with E-state index in [-0.39, 0.29) is 51.7 Å². The molecule has 1 aromatic carbocycles. The lowest BCUT2D eigenvalue weighted by atomic mass is 10.0. The van der Waals surface area contributed by atoms with E-state index in [0.717, 1.165) is 23.4 Å². The first-order valence-electron chi connectivity index (χ1n) is 11.8. The van der Waals surface area contributed by atoms with E-state index in [2.05, 4.69) is 20.3 Å². The summed E-state index contributed by atoms with van der Waals surface area (Å²) in [6.07, 6.45) is -3.74. The maximum Gasteiger partial charge on any atom is 0.416 e. The fraction of sp³-hybridized carbons (Fsp3) is 0.320. The lowest BCUT2D eigenvalue weighted by Crippen LogP contribution is -2.44. The zero-order valence-corrected chi connectivity index (χ0v) is 21.4. The summed E-state index contributed by atoms with van der Waals surface area (Å²) in [5.74, 6) is -1.21. The van der Waals surface area contributed by atoms with Crippen LogP contribution in [0.5, 0.6) is 0 Å². The molecule has 1 aliphatic heterocycles. The first-order valence-corrected chi connectivity index (χ1v) is 12.1. The monoisotopic (exact) mass is 563 g/mol. The largest absolute Gasteiger partial charge is 0.416 e. The molecule has 1 aliphatic rings. The summed E-state index contributed by atoms with van der Waals surface area (Å²) in [6, 6.07) is 5.33. The number of likely N-dealkylation sites (tertiary alicyclic amines) is 1. The molecule has 2 atom stereocenters. The summed E-state index contributed by atoms with van der Waals surface area (Å²) >= 11 is 5.87. The maximum absolute atomic E-state index is 15.1. The molecule has 39 heavy (non-hydrogen) atoms. The van der Waals surface area contributed by atoms with Gasteiger partial charge in [-0.2, -0.15) is 13.2 Å². The van der Waals surface area contributed by atoms with E-state index in [1.54, 1.807) is 6.07 Å². The Morgan fingerprint density at radius 3 is 2.69 bits per heavy atom. The van der Waals surface area contributed by atoms with Crippen LogP contribution in [0.25, 0.3) is 21.9 Å². The van der Waals surface area contributed by atoms with Gasteiger partial charge < -0.3 is 20.5 Å². The number of benzene rings is 1. The van der Waals surface area contributed by atoms with Crippen LogP contribution < -0.4 is 11.1 Å². The highest BCUT2D eigenvalue weighted by Gasteiger charge is 2.47. The number of alkyl halides is 4. The Morgan fingerprint density at radius 2 is 2.00 bits per heavy atom. The molecule has 1 fully saturated rings. The number of nitrogen functional groups attached to an aromatic ring is 1. The number of aromatic nitrogens is 4. The highest BCUT2D eigenvalue weighted by Crippen LogP contribution is 2.39. The SMILES string of the molecule is Cc1cc(C(F)(F)F)cc2c3c(N)ncnc3n(CC(=O)N3C[C@](C)(F)C[C@H]3C(=O)Nc3cccc(Cl)n3)c12. The van der Waals surface area contributed by atoms with Crippen molar-refractivity contribution in [3.8, 4) is 0 Å². The van der Waals surface area contributed by atoms with Crippen LogP contribution in [0.15, 0.2) is 36.7 Å². The Balaban J connectivity index is 1.54. The molecular formula is C25H22ClF4N7O2. The first-order chi connectivity index (χ1) is 18.2. The Labute approximate surface area is 224 Å². The van der Waals surface area contributed by atoms with Gasteiger partial charge in [-0.05, 0) is 43.7 Å². The van der Waals surface area contributed by atoms with Gasteiger partial charge in [-0.3, -0.25) is 9.59 Å². The van der Waals surface area contributed by atoms with Crippen molar-refractivity contribution in [3.63, 3.8) is 0 Å². The van der Waals surface area contributed by atoms with Gasteiger partial charge in [0.25, 0.3) is 0 Å². The summed E-state index contributed by atoms with van der Waals surface area (Å²) < 4.78 is 57.3. The number of amides is 2. The molecule has 4 aromatic rings. The quantitative estimate of drug-likeness (QED) is 0.279. The van der Waals surface area contributed by atoms with E-state index in [1.807, 2.05) is 0 Å². The Hall–Kier alpha value is -4.00. The number of anilines is 2. The second-order valence-electron chi connectivity index (χ2n) is 9.72. The normalized spacial score (nSPS) is 19.7. The number of nitrogens with zero attached hydrogens (tertiary/aromatic N) is 5. The highest BCUT2D eigenvalue weighted by atomic mass is 35.5. The first kappa shape index (κ1) is 26.6. The van der Waals surface area contributed by atoms with E-state index >= 15 is 4.39 Å². The van der Waals surface area contributed by atoms with Crippen molar-refractivity contribution in [3.05, 3.63) is 52.9 Å².